The third-order valence-electron chi connectivity index (χ3n) is 1.05. The average molecular weight is 146 g/mol. The summed E-state index contributed by atoms with van der Waals surface area (Å²) >= 11 is 0. The first-order valence-electron chi connectivity index (χ1n) is 3.39. The Morgan fingerprint density at radius 2 is 2.00 bits per heavy atom. The smallest absolute Gasteiger partial charge is 0.308 e. The van der Waals surface area contributed by atoms with E-state index in [0.717, 1.165) is 0 Å². The van der Waals surface area contributed by atoms with E-state index in [0.29, 0.717) is 0 Å². The second-order valence-electron chi connectivity index (χ2n) is 2.58. The van der Waals surface area contributed by atoms with Crippen LogP contribution in [-0.4, -0.2) is 23.8 Å². The normalized spacial score (nSPS) is 13.3. The zero-order valence-electron chi connectivity index (χ0n) is 6.63. The molecule has 0 amide bonds. The zero-order chi connectivity index (χ0) is 8.15. The van der Waals surface area contributed by atoms with Gasteiger partial charge in [-0.15, -0.1) is 0 Å². The second-order valence-corrected chi connectivity index (χ2v) is 2.58. The number of carbonyl (C=O) groups excluding carboxylic acids is 1. The van der Waals surface area contributed by atoms with Crippen molar-refractivity contribution in [1.29, 1.82) is 0 Å². The molecule has 0 aliphatic carbocycles. The van der Waals surface area contributed by atoms with E-state index in [2.05, 4.69) is 0 Å². The average Bonchev–Trinajstić information content (AvgIpc) is 1.87. The van der Waals surface area contributed by atoms with Gasteiger partial charge in [0.05, 0.1) is 12.5 Å². The van der Waals surface area contributed by atoms with E-state index in [1.165, 1.54) is 0 Å². The van der Waals surface area contributed by atoms with Crippen LogP contribution in [0, 0.1) is 5.92 Å². The van der Waals surface area contributed by atoms with E-state index in [1.807, 2.05) is 0 Å². The lowest BCUT2D eigenvalue weighted by Crippen LogP contribution is -2.21. The molecule has 3 heteroatoms. The topological polar surface area (TPSA) is 46.5 Å². The highest BCUT2D eigenvalue weighted by Gasteiger charge is 2.11. The SMILES string of the molecule is CC(CO)OC(=O)C(C)C. The highest BCUT2D eigenvalue weighted by Crippen LogP contribution is 1.99. The van der Waals surface area contributed by atoms with Gasteiger partial charge in [0.2, 0.25) is 0 Å². The van der Waals surface area contributed by atoms with Gasteiger partial charge in [0.1, 0.15) is 6.10 Å². The van der Waals surface area contributed by atoms with Crippen molar-refractivity contribution in [3.8, 4) is 0 Å². The van der Waals surface area contributed by atoms with Gasteiger partial charge in [-0.1, -0.05) is 13.8 Å². The summed E-state index contributed by atoms with van der Waals surface area (Å²) in [5.41, 5.74) is 0. The van der Waals surface area contributed by atoms with Gasteiger partial charge in [0.25, 0.3) is 0 Å². The Kier molecular flexibility index (Phi) is 4.03. The van der Waals surface area contributed by atoms with E-state index in [9.17, 15) is 4.79 Å². The molecule has 1 atom stereocenters. The van der Waals surface area contributed by atoms with Crippen LogP contribution in [0.25, 0.3) is 0 Å². The van der Waals surface area contributed by atoms with Crippen molar-refractivity contribution >= 4 is 5.97 Å². The molecule has 60 valence electrons. The maximum absolute atomic E-state index is 10.8. The largest absolute Gasteiger partial charge is 0.460 e. The Morgan fingerprint density at radius 3 is 2.30 bits per heavy atom. The third-order valence-corrected chi connectivity index (χ3v) is 1.05. The minimum atomic E-state index is -0.380. The van der Waals surface area contributed by atoms with Gasteiger partial charge in [0.15, 0.2) is 0 Å². The van der Waals surface area contributed by atoms with Crippen molar-refractivity contribution in [2.75, 3.05) is 6.61 Å². The van der Waals surface area contributed by atoms with Crippen molar-refractivity contribution in [2.24, 2.45) is 5.92 Å². The maximum Gasteiger partial charge on any atom is 0.308 e. The molecule has 0 aromatic rings. The quantitative estimate of drug-likeness (QED) is 0.592. The lowest BCUT2D eigenvalue weighted by molar-refractivity contribution is -0.153. The predicted molar refractivity (Wildman–Crippen MR) is 37.5 cm³/mol. The number of aliphatic hydroxyl groups excluding tert-OH is 1. The van der Waals surface area contributed by atoms with Crippen LogP contribution in [0.1, 0.15) is 20.8 Å². The fraction of sp³-hybridized carbons (Fsp3) is 0.857. The minimum absolute atomic E-state index is 0.113. The van der Waals surface area contributed by atoms with Gasteiger partial charge in [-0.05, 0) is 6.92 Å². The highest BCUT2D eigenvalue weighted by molar-refractivity contribution is 5.71. The molecule has 0 rings (SSSR count). The Hall–Kier alpha value is -0.570. The molecule has 0 aliphatic heterocycles. The second kappa shape index (κ2) is 4.28. The number of hydrogen-bond acceptors (Lipinski definition) is 3. The summed E-state index contributed by atoms with van der Waals surface area (Å²) in [6.07, 6.45) is -0.380. The Morgan fingerprint density at radius 1 is 1.50 bits per heavy atom. The molecule has 1 unspecified atom stereocenters. The number of rotatable bonds is 3. The predicted octanol–water partition coefficient (Wildman–Crippen LogP) is 0.566. The van der Waals surface area contributed by atoms with Gasteiger partial charge < -0.3 is 9.84 Å². The molecular weight excluding hydrogens is 132 g/mol. The molecule has 0 spiro atoms. The van der Waals surface area contributed by atoms with E-state index < -0.39 is 0 Å². The fourth-order valence-electron chi connectivity index (χ4n) is 0.372. The van der Waals surface area contributed by atoms with Gasteiger partial charge >= 0.3 is 5.97 Å². The minimum Gasteiger partial charge on any atom is -0.460 e. The van der Waals surface area contributed by atoms with Crippen LogP contribution in [0.5, 0.6) is 0 Å². The van der Waals surface area contributed by atoms with Crippen LogP contribution >= 0.6 is 0 Å². The van der Waals surface area contributed by atoms with Crippen molar-refractivity contribution < 1.29 is 14.6 Å². The van der Waals surface area contributed by atoms with Crippen LogP contribution in [0.4, 0.5) is 0 Å². The molecule has 0 heterocycles. The Labute approximate surface area is 61.0 Å². The van der Waals surface area contributed by atoms with Crippen LogP contribution in [-0.2, 0) is 9.53 Å². The van der Waals surface area contributed by atoms with Crippen molar-refractivity contribution in [3.63, 3.8) is 0 Å². The molecule has 3 nitrogen and oxygen atoms in total. The lowest BCUT2D eigenvalue weighted by atomic mass is 10.2. The van der Waals surface area contributed by atoms with Crippen molar-refractivity contribution in [1.82, 2.24) is 0 Å². The first-order valence-corrected chi connectivity index (χ1v) is 3.39. The Balaban J connectivity index is 3.57. The van der Waals surface area contributed by atoms with E-state index in [-0.39, 0.29) is 24.6 Å². The van der Waals surface area contributed by atoms with Crippen LogP contribution in [0.15, 0.2) is 0 Å². The van der Waals surface area contributed by atoms with E-state index >= 15 is 0 Å². The molecular formula is C7H14O3. The molecule has 0 fully saturated rings. The molecule has 0 aromatic carbocycles. The number of ether oxygens (including phenoxy) is 1. The molecule has 10 heavy (non-hydrogen) atoms. The monoisotopic (exact) mass is 146 g/mol. The lowest BCUT2D eigenvalue weighted by Gasteiger charge is -2.11. The summed E-state index contributed by atoms with van der Waals surface area (Å²) in [5, 5.41) is 8.49. The van der Waals surface area contributed by atoms with Gasteiger partial charge in [0, 0.05) is 0 Å². The van der Waals surface area contributed by atoms with Crippen LogP contribution in [0.3, 0.4) is 0 Å². The summed E-state index contributed by atoms with van der Waals surface area (Å²) in [6.45, 7) is 5.05. The number of carbonyl (C=O) groups is 1. The van der Waals surface area contributed by atoms with E-state index in [1.54, 1.807) is 20.8 Å². The molecule has 0 saturated heterocycles. The van der Waals surface area contributed by atoms with Crippen molar-refractivity contribution in [3.05, 3.63) is 0 Å². The molecule has 0 radical (unpaired) electrons. The summed E-state index contributed by atoms with van der Waals surface area (Å²) in [6, 6.07) is 0. The first kappa shape index (κ1) is 9.43. The summed E-state index contributed by atoms with van der Waals surface area (Å²) < 4.78 is 4.77. The number of hydrogen-bond donors (Lipinski definition) is 1. The molecule has 0 saturated carbocycles. The third kappa shape index (κ3) is 3.45. The van der Waals surface area contributed by atoms with Crippen LogP contribution in [0.2, 0.25) is 0 Å². The molecule has 0 aliphatic rings. The Bertz CT molecular complexity index is 109. The zero-order valence-corrected chi connectivity index (χ0v) is 6.63. The van der Waals surface area contributed by atoms with Crippen LogP contribution < -0.4 is 0 Å². The van der Waals surface area contributed by atoms with Gasteiger partial charge in [-0.3, -0.25) is 4.79 Å². The first-order chi connectivity index (χ1) is 4.57. The fourth-order valence-corrected chi connectivity index (χ4v) is 0.372. The van der Waals surface area contributed by atoms with Gasteiger partial charge in [-0.25, -0.2) is 0 Å². The standard InChI is InChI=1S/C7H14O3/c1-5(2)7(9)10-6(3)4-8/h5-6,8H,4H2,1-3H3. The molecule has 0 bridgehead atoms. The molecule has 1 N–H and O–H groups in total. The van der Waals surface area contributed by atoms with Gasteiger partial charge in [-0.2, -0.15) is 0 Å². The van der Waals surface area contributed by atoms with E-state index in [4.69, 9.17) is 9.84 Å². The number of aliphatic hydroxyl groups is 1. The summed E-state index contributed by atoms with van der Waals surface area (Å²) in [7, 11) is 0. The maximum atomic E-state index is 10.8. The number of esters is 1. The highest BCUT2D eigenvalue weighted by atomic mass is 16.5. The molecule has 0 aromatic heterocycles. The summed E-state index contributed by atoms with van der Waals surface area (Å²) in [5.74, 6) is -0.379. The van der Waals surface area contributed by atoms with Crippen molar-refractivity contribution in [2.45, 2.75) is 26.9 Å². The summed E-state index contributed by atoms with van der Waals surface area (Å²) in [4.78, 5) is 10.8.